The highest BCUT2D eigenvalue weighted by atomic mass is 32.1. The number of rotatable bonds is 4. The van der Waals surface area contributed by atoms with E-state index in [0.717, 1.165) is 34.9 Å². The van der Waals surface area contributed by atoms with Gasteiger partial charge in [-0.25, -0.2) is 4.98 Å². The summed E-state index contributed by atoms with van der Waals surface area (Å²) >= 11 is 1.58. The summed E-state index contributed by atoms with van der Waals surface area (Å²) in [6.45, 7) is 1.87. The van der Waals surface area contributed by atoms with E-state index in [9.17, 15) is 4.79 Å². The minimum atomic E-state index is -0.133. The maximum atomic E-state index is 12.5. The summed E-state index contributed by atoms with van der Waals surface area (Å²) < 4.78 is 11.3. The lowest BCUT2D eigenvalue weighted by molar-refractivity contribution is -0.146. The van der Waals surface area contributed by atoms with Gasteiger partial charge in [0.1, 0.15) is 16.9 Å². The molecular formula is C19H22N2O3S. The van der Waals surface area contributed by atoms with Gasteiger partial charge in [-0.1, -0.05) is 18.6 Å². The van der Waals surface area contributed by atoms with E-state index >= 15 is 0 Å². The third-order valence-electron chi connectivity index (χ3n) is 5.01. The molecule has 2 fully saturated rings. The van der Waals surface area contributed by atoms with Gasteiger partial charge in [0.05, 0.1) is 26.0 Å². The van der Waals surface area contributed by atoms with Gasteiger partial charge in [-0.15, -0.1) is 11.3 Å². The standard InChI is InChI=1S/C19H22N2O3S/c1-23-16-8-3-2-7-14(16)15-12-25-18(20-15)17-11-21(9-10-24-17)19(22)13-5-4-6-13/h2-3,7-8,12-13,17H,4-6,9-11H2,1H3. The van der Waals surface area contributed by atoms with Crippen LogP contribution in [0.5, 0.6) is 5.75 Å². The molecule has 132 valence electrons. The molecule has 0 N–H and O–H groups in total. The van der Waals surface area contributed by atoms with Crippen molar-refractivity contribution in [3.05, 3.63) is 34.7 Å². The molecule has 6 heteroatoms. The number of carbonyl (C=O) groups is 1. The Morgan fingerprint density at radius 3 is 2.96 bits per heavy atom. The molecule has 0 radical (unpaired) electrons. The number of benzene rings is 1. The Labute approximate surface area is 151 Å². The van der Waals surface area contributed by atoms with E-state index in [-0.39, 0.29) is 12.0 Å². The van der Waals surface area contributed by atoms with E-state index in [1.165, 1.54) is 6.42 Å². The molecule has 1 aliphatic heterocycles. The first-order chi connectivity index (χ1) is 12.3. The Bertz CT molecular complexity index is 757. The largest absolute Gasteiger partial charge is 0.496 e. The fourth-order valence-electron chi connectivity index (χ4n) is 3.33. The van der Waals surface area contributed by atoms with Crippen molar-refractivity contribution in [1.82, 2.24) is 9.88 Å². The normalized spacial score (nSPS) is 21.0. The number of nitrogens with zero attached hydrogens (tertiary/aromatic N) is 2. The zero-order valence-corrected chi connectivity index (χ0v) is 15.1. The molecule has 1 amide bonds. The van der Waals surface area contributed by atoms with Crippen LogP contribution in [0, 0.1) is 5.92 Å². The van der Waals surface area contributed by atoms with Crippen molar-refractivity contribution < 1.29 is 14.3 Å². The van der Waals surface area contributed by atoms with Crippen LogP contribution in [-0.2, 0) is 9.53 Å². The maximum Gasteiger partial charge on any atom is 0.225 e. The molecule has 2 heterocycles. The molecule has 1 aromatic carbocycles. The van der Waals surface area contributed by atoms with Crippen LogP contribution in [0.25, 0.3) is 11.3 Å². The smallest absolute Gasteiger partial charge is 0.225 e. The minimum Gasteiger partial charge on any atom is -0.496 e. The molecule has 1 unspecified atom stereocenters. The Balaban J connectivity index is 1.50. The van der Waals surface area contributed by atoms with E-state index in [0.29, 0.717) is 25.6 Å². The van der Waals surface area contributed by atoms with Crippen LogP contribution in [0.15, 0.2) is 29.6 Å². The van der Waals surface area contributed by atoms with Crippen molar-refractivity contribution in [2.24, 2.45) is 5.92 Å². The highest BCUT2D eigenvalue weighted by molar-refractivity contribution is 7.10. The lowest BCUT2D eigenvalue weighted by Crippen LogP contribution is -2.46. The van der Waals surface area contributed by atoms with Crippen molar-refractivity contribution in [2.75, 3.05) is 26.8 Å². The number of hydrogen-bond donors (Lipinski definition) is 0. The minimum absolute atomic E-state index is 0.133. The van der Waals surface area contributed by atoms with E-state index in [1.54, 1.807) is 18.4 Å². The summed E-state index contributed by atoms with van der Waals surface area (Å²) in [5.74, 6) is 1.34. The number of methoxy groups -OCH3 is 1. The number of amides is 1. The van der Waals surface area contributed by atoms with Crippen LogP contribution in [-0.4, -0.2) is 42.6 Å². The molecule has 1 aromatic heterocycles. The van der Waals surface area contributed by atoms with Gasteiger partial charge in [0, 0.05) is 23.4 Å². The SMILES string of the molecule is COc1ccccc1-c1csc(C2CN(C(=O)C3CCC3)CCO2)n1. The summed E-state index contributed by atoms with van der Waals surface area (Å²) in [7, 11) is 1.67. The predicted molar refractivity (Wildman–Crippen MR) is 96.7 cm³/mol. The van der Waals surface area contributed by atoms with Crippen LogP contribution in [0.1, 0.15) is 30.4 Å². The number of ether oxygens (including phenoxy) is 2. The average molecular weight is 358 g/mol. The van der Waals surface area contributed by atoms with Gasteiger partial charge in [0.15, 0.2) is 0 Å². The number of para-hydroxylation sites is 1. The topological polar surface area (TPSA) is 51.7 Å². The van der Waals surface area contributed by atoms with Crippen molar-refractivity contribution >= 4 is 17.2 Å². The first-order valence-electron chi connectivity index (χ1n) is 8.75. The quantitative estimate of drug-likeness (QED) is 0.839. The first kappa shape index (κ1) is 16.5. The van der Waals surface area contributed by atoms with Gasteiger partial charge < -0.3 is 14.4 Å². The van der Waals surface area contributed by atoms with Crippen molar-refractivity contribution in [1.29, 1.82) is 0 Å². The summed E-state index contributed by atoms with van der Waals surface area (Å²) in [6, 6.07) is 7.87. The van der Waals surface area contributed by atoms with Crippen LogP contribution in [0.3, 0.4) is 0 Å². The zero-order chi connectivity index (χ0) is 17.2. The van der Waals surface area contributed by atoms with Crippen LogP contribution >= 0.6 is 11.3 Å². The Morgan fingerprint density at radius 1 is 1.36 bits per heavy atom. The molecule has 1 atom stereocenters. The molecule has 1 saturated carbocycles. The van der Waals surface area contributed by atoms with Gasteiger partial charge in [-0.05, 0) is 25.0 Å². The highest BCUT2D eigenvalue weighted by Gasteiger charge is 2.33. The molecule has 0 bridgehead atoms. The molecule has 5 nitrogen and oxygen atoms in total. The lowest BCUT2D eigenvalue weighted by atomic mass is 9.84. The van der Waals surface area contributed by atoms with Crippen LogP contribution < -0.4 is 4.74 Å². The fraction of sp³-hybridized carbons (Fsp3) is 0.474. The van der Waals surface area contributed by atoms with E-state index < -0.39 is 0 Å². The Hall–Kier alpha value is -1.92. The summed E-state index contributed by atoms with van der Waals surface area (Å²) in [6.07, 6.45) is 3.12. The van der Waals surface area contributed by atoms with Gasteiger partial charge >= 0.3 is 0 Å². The third-order valence-corrected chi connectivity index (χ3v) is 5.95. The second-order valence-electron chi connectivity index (χ2n) is 6.54. The molecule has 2 aliphatic rings. The molecule has 1 aliphatic carbocycles. The summed E-state index contributed by atoms with van der Waals surface area (Å²) in [4.78, 5) is 19.2. The third kappa shape index (κ3) is 3.28. The monoisotopic (exact) mass is 358 g/mol. The van der Waals surface area contributed by atoms with Crippen molar-refractivity contribution in [3.8, 4) is 17.0 Å². The Morgan fingerprint density at radius 2 is 2.20 bits per heavy atom. The number of carbonyl (C=O) groups excluding carboxylic acids is 1. The summed E-state index contributed by atoms with van der Waals surface area (Å²) in [5, 5.41) is 2.95. The van der Waals surface area contributed by atoms with Crippen molar-refractivity contribution in [2.45, 2.75) is 25.4 Å². The molecule has 25 heavy (non-hydrogen) atoms. The number of aromatic nitrogens is 1. The van der Waals surface area contributed by atoms with Crippen LogP contribution in [0.2, 0.25) is 0 Å². The molecule has 0 spiro atoms. The second-order valence-corrected chi connectivity index (χ2v) is 7.43. The zero-order valence-electron chi connectivity index (χ0n) is 14.3. The summed E-state index contributed by atoms with van der Waals surface area (Å²) in [5.41, 5.74) is 1.87. The number of hydrogen-bond acceptors (Lipinski definition) is 5. The van der Waals surface area contributed by atoms with Crippen molar-refractivity contribution in [3.63, 3.8) is 0 Å². The second kappa shape index (κ2) is 7.14. The molecule has 1 saturated heterocycles. The molecule has 4 rings (SSSR count). The maximum absolute atomic E-state index is 12.5. The molecular weight excluding hydrogens is 336 g/mol. The Kier molecular flexibility index (Phi) is 4.72. The number of morpholine rings is 1. The fourth-order valence-corrected chi connectivity index (χ4v) is 4.19. The predicted octanol–water partition coefficient (Wildman–Crippen LogP) is 3.52. The number of thiazole rings is 1. The lowest BCUT2D eigenvalue weighted by Gasteiger charge is -2.36. The van der Waals surface area contributed by atoms with E-state index in [2.05, 4.69) is 0 Å². The van der Waals surface area contributed by atoms with E-state index in [1.807, 2.05) is 34.5 Å². The first-order valence-corrected chi connectivity index (χ1v) is 9.63. The van der Waals surface area contributed by atoms with Crippen LogP contribution in [0.4, 0.5) is 0 Å². The highest BCUT2D eigenvalue weighted by Crippen LogP contribution is 2.35. The van der Waals surface area contributed by atoms with Gasteiger partial charge in [-0.2, -0.15) is 0 Å². The van der Waals surface area contributed by atoms with Gasteiger partial charge in [-0.3, -0.25) is 4.79 Å². The van der Waals surface area contributed by atoms with E-state index in [4.69, 9.17) is 14.5 Å². The molecule has 2 aromatic rings. The van der Waals surface area contributed by atoms with Gasteiger partial charge in [0.2, 0.25) is 5.91 Å². The van der Waals surface area contributed by atoms with Gasteiger partial charge in [0.25, 0.3) is 0 Å². The average Bonchev–Trinajstić information content (AvgIpc) is 3.10.